The van der Waals surface area contributed by atoms with Crippen molar-refractivity contribution in [2.75, 3.05) is 0 Å². The molecule has 0 aliphatic heterocycles. The molecule has 0 amide bonds. The molecule has 90 heavy (non-hydrogen) atoms. The Labute approximate surface area is 505 Å². The number of nitrogens with zero attached hydrogens (tertiary/aromatic N) is 4. The Morgan fingerprint density at radius 3 is 0.478 bits per heavy atom. The molecule has 0 spiro atoms. The van der Waals surface area contributed by atoms with Gasteiger partial charge in [0.25, 0.3) is 0 Å². The molecule has 8 N–H and O–H groups in total. The highest BCUT2D eigenvalue weighted by molar-refractivity contribution is 6.05. The first-order chi connectivity index (χ1) is 43.1. The molecule has 2 heterocycles. The second kappa shape index (κ2) is 22.7. The maximum absolute atomic E-state index is 12.0. The lowest BCUT2D eigenvalue weighted by atomic mass is 9.95. The van der Waals surface area contributed by atoms with E-state index < -0.39 is 47.8 Å². The van der Waals surface area contributed by atoms with Gasteiger partial charge in [0.15, 0.2) is 0 Å². The Morgan fingerprint density at radius 2 is 0.333 bits per heavy atom. The summed E-state index contributed by atoms with van der Waals surface area (Å²) in [5, 5.41) is 79.8. The Balaban J connectivity index is 1.01. The van der Waals surface area contributed by atoms with Gasteiger partial charge in [-0.3, -0.25) is 0 Å². The fourth-order valence-corrected chi connectivity index (χ4v) is 10.6. The lowest BCUT2D eigenvalue weighted by molar-refractivity contribution is 0.0676. The third kappa shape index (κ3) is 11.2. The molecule has 10 aromatic carbocycles. The van der Waals surface area contributed by atoms with Crippen molar-refractivity contribution in [3.63, 3.8) is 0 Å². The van der Waals surface area contributed by atoms with Crippen LogP contribution in [-0.2, 0) is 0 Å². The van der Waals surface area contributed by atoms with Crippen molar-refractivity contribution in [3.8, 4) is 89.5 Å². The monoisotopic (exact) mass is 1190 g/mol. The zero-order valence-corrected chi connectivity index (χ0v) is 46.1. The van der Waals surface area contributed by atoms with Crippen LogP contribution in [0.25, 0.3) is 122 Å². The van der Waals surface area contributed by atoms with Crippen LogP contribution in [0.3, 0.4) is 0 Å². The summed E-state index contributed by atoms with van der Waals surface area (Å²) in [5.41, 5.74) is 7.11. The molecule has 0 aliphatic rings. The first-order valence-corrected chi connectivity index (χ1v) is 27.0. The number of carboxylic acids is 8. The summed E-state index contributed by atoms with van der Waals surface area (Å²) < 4.78 is 0. The third-order valence-corrected chi connectivity index (χ3v) is 15.1. The van der Waals surface area contributed by atoms with E-state index in [2.05, 4.69) is 0 Å². The first kappa shape index (κ1) is 57.3. The van der Waals surface area contributed by atoms with E-state index in [4.69, 9.17) is 19.9 Å². The van der Waals surface area contributed by atoms with Crippen LogP contribution in [0.5, 0.6) is 0 Å². The fourth-order valence-electron chi connectivity index (χ4n) is 10.6. The molecule has 0 unspecified atom stereocenters. The van der Waals surface area contributed by atoms with Gasteiger partial charge in [-0.1, -0.05) is 97.1 Å². The van der Waals surface area contributed by atoms with Gasteiger partial charge in [0.1, 0.15) is 0 Å². The molecule has 20 heteroatoms. The highest BCUT2D eigenvalue weighted by Gasteiger charge is 2.22. The van der Waals surface area contributed by atoms with Crippen molar-refractivity contribution in [2.45, 2.75) is 0 Å². The van der Waals surface area contributed by atoms with Crippen molar-refractivity contribution < 1.29 is 79.2 Å². The smallest absolute Gasteiger partial charge is 0.335 e. The highest BCUT2D eigenvalue weighted by Crippen LogP contribution is 2.39. The number of fused-ring (bicyclic) bond motifs is 3. The van der Waals surface area contributed by atoms with E-state index in [-0.39, 0.29) is 44.5 Å². The summed E-state index contributed by atoms with van der Waals surface area (Å²) in [6.45, 7) is 0. The number of hydrogen-bond donors (Lipinski definition) is 8. The molecule has 0 aliphatic carbocycles. The molecule has 2 aromatic heterocycles. The number of aromatic nitrogens is 4. The lowest BCUT2D eigenvalue weighted by Crippen LogP contribution is -2.03. The topological polar surface area (TPSA) is 350 Å². The Morgan fingerprint density at radius 1 is 0.189 bits per heavy atom. The van der Waals surface area contributed by atoms with Gasteiger partial charge in [-0.25, -0.2) is 58.3 Å². The van der Waals surface area contributed by atoms with Gasteiger partial charge in [0, 0.05) is 22.3 Å². The number of carboxylic acid groups (broad SMARTS) is 8. The van der Waals surface area contributed by atoms with Crippen LogP contribution in [0, 0.1) is 0 Å². The minimum absolute atomic E-state index is 0.221. The SMILES string of the molecule is O=C(O)c1cc(C(=O)O)cc(-c2ccc(-c3nc4cc5cc6nc(-c7ccc(-c8cc(C(=O)O)cc(C(=O)O)c8)cc7)c(-c7ccc(-c8cc(C(=O)O)cc(C(=O)O)c8)cc7)nc6cc5cc4nc3-c3ccc(-c4cc(C(=O)O)cc(C(=O)O)c4)cc3)cc2)c1. The van der Waals surface area contributed by atoms with Gasteiger partial charge in [0.05, 0.1) is 89.4 Å². The van der Waals surface area contributed by atoms with Gasteiger partial charge in [-0.2, -0.15) is 0 Å². The number of hydrogen-bond acceptors (Lipinski definition) is 12. The Bertz CT molecular complexity index is 4360. The number of aromatic carboxylic acids is 8. The van der Waals surface area contributed by atoms with Gasteiger partial charge >= 0.3 is 47.8 Å². The summed E-state index contributed by atoms with van der Waals surface area (Å²) in [4.78, 5) is 117. The summed E-state index contributed by atoms with van der Waals surface area (Å²) in [5.74, 6) is -10.5. The quantitative estimate of drug-likeness (QED) is 0.0417. The summed E-state index contributed by atoms with van der Waals surface area (Å²) >= 11 is 0. The van der Waals surface area contributed by atoms with Crippen LogP contribution in [0.15, 0.2) is 194 Å². The second-order valence-electron chi connectivity index (χ2n) is 20.8. The van der Waals surface area contributed by atoms with E-state index >= 15 is 0 Å². The molecule has 0 saturated heterocycles. The van der Waals surface area contributed by atoms with Crippen LogP contribution in [0.2, 0.25) is 0 Å². The fraction of sp³-hybridized carbons (Fsp3) is 0. The van der Waals surface area contributed by atoms with Crippen LogP contribution < -0.4 is 0 Å². The zero-order chi connectivity index (χ0) is 63.4. The average molecular weight is 1190 g/mol. The molecular formula is C70H40N4O16. The number of rotatable bonds is 16. The molecule has 12 rings (SSSR count). The van der Waals surface area contributed by atoms with E-state index in [0.29, 0.717) is 122 Å². The molecule has 20 nitrogen and oxygen atoms in total. The van der Waals surface area contributed by atoms with Gasteiger partial charge in [-0.15, -0.1) is 0 Å². The molecule has 0 radical (unpaired) electrons. The minimum Gasteiger partial charge on any atom is -0.478 e. The molecule has 12 aromatic rings. The third-order valence-electron chi connectivity index (χ3n) is 15.1. The van der Waals surface area contributed by atoms with Gasteiger partial charge in [-0.05, 0) is 152 Å². The predicted molar refractivity (Wildman–Crippen MR) is 329 cm³/mol. The summed E-state index contributed by atoms with van der Waals surface area (Å²) in [6.07, 6.45) is 0. The van der Waals surface area contributed by atoms with Gasteiger partial charge in [0.2, 0.25) is 0 Å². The largest absolute Gasteiger partial charge is 0.478 e. The van der Waals surface area contributed by atoms with Crippen LogP contribution in [0.4, 0.5) is 0 Å². The molecule has 0 fully saturated rings. The van der Waals surface area contributed by atoms with Crippen molar-refractivity contribution in [1.29, 1.82) is 0 Å². The van der Waals surface area contributed by atoms with Crippen molar-refractivity contribution in [1.82, 2.24) is 19.9 Å². The van der Waals surface area contributed by atoms with Crippen molar-refractivity contribution in [3.05, 3.63) is 239 Å². The number of benzene rings is 10. The lowest BCUT2D eigenvalue weighted by Gasteiger charge is -2.14. The molecular weight excluding hydrogens is 1150 g/mol. The normalized spacial score (nSPS) is 11.2. The molecule has 0 saturated carbocycles. The van der Waals surface area contributed by atoms with Crippen LogP contribution in [-0.4, -0.2) is 109 Å². The van der Waals surface area contributed by atoms with Crippen molar-refractivity contribution >= 4 is 80.6 Å². The van der Waals surface area contributed by atoms with E-state index in [1.165, 1.54) is 48.5 Å². The van der Waals surface area contributed by atoms with Crippen LogP contribution >= 0.6 is 0 Å². The Hall–Kier alpha value is -13.1. The standard InChI is InChI=1S/C70H40N4O16/c75-63(76)47-17-41(18-48(25-47)64(77)78)33-1-9-37(10-2-33)59-60(38-11-3-34(4-12-38)42-19-49(65(79)80)26-50(20-42)66(81)82)72-56-30-46-32-58-57(31-45(46)29-55(56)71-59)73-61(39-13-5-35(6-14-39)43-21-51(67(83)84)27-52(22-43)68(85)86)62(74-58)40-15-7-36(8-16-40)44-23-53(69(87)88)28-54(24-44)70(89)90/h1-32H,(H,75,76)(H,77,78)(H,79,80)(H,81,82)(H,83,84)(H,85,86)(H,87,88)(H,89,90). The van der Waals surface area contributed by atoms with E-state index in [0.717, 1.165) is 24.3 Å². The molecule has 436 valence electrons. The molecule has 0 atom stereocenters. The van der Waals surface area contributed by atoms with E-state index in [1.54, 1.807) is 97.1 Å². The summed E-state index contributed by atoms with van der Waals surface area (Å²) in [6, 6.07) is 49.9. The zero-order valence-electron chi connectivity index (χ0n) is 46.1. The maximum atomic E-state index is 12.0. The second-order valence-corrected chi connectivity index (χ2v) is 20.8. The summed E-state index contributed by atoms with van der Waals surface area (Å²) in [7, 11) is 0. The maximum Gasteiger partial charge on any atom is 0.335 e. The minimum atomic E-state index is -1.31. The highest BCUT2D eigenvalue weighted by atomic mass is 16.4. The van der Waals surface area contributed by atoms with E-state index in [9.17, 15) is 79.2 Å². The molecule has 0 bridgehead atoms. The van der Waals surface area contributed by atoms with Crippen LogP contribution in [0.1, 0.15) is 82.9 Å². The Kier molecular flexibility index (Phi) is 14.5. The van der Waals surface area contributed by atoms with E-state index in [1.807, 2.05) is 24.3 Å². The first-order valence-electron chi connectivity index (χ1n) is 27.0. The number of carbonyl (C=O) groups is 8. The predicted octanol–water partition coefficient (Wildman–Crippen LogP) is 13.6. The van der Waals surface area contributed by atoms with Crippen molar-refractivity contribution in [2.24, 2.45) is 0 Å². The average Bonchev–Trinajstić information content (AvgIpc) is 0.837. The van der Waals surface area contributed by atoms with Gasteiger partial charge < -0.3 is 40.9 Å².